The number of hydrogen-bond donors (Lipinski definition) is 1. The Morgan fingerprint density at radius 3 is 2.57 bits per heavy atom. The van der Waals surface area contributed by atoms with Crippen LogP contribution in [0.5, 0.6) is 0 Å². The molecule has 7 heteroatoms. The minimum absolute atomic E-state index is 0.199. The lowest BCUT2D eigenvalue weighted by Gasteiger charge is -2.28. The molecule has 6 nitrogen and oxygen atoms in total. The van der Waals surface area contributed by atoms with Gasteiger partial charge in [-0.25, -0.2) is 19.3 Å². The molecule has 0 aliphatic carbocycles. The van der Waals surface area contributed by atoms with Crippen molar-refractivity contribution in [1.82, 2.24) is 19.5 Å². The minimum Gasteiger partial charge on any atom is -0.377 e. The predicted molar refractivity (Wildman–Crippen MR) is 82.9 cm³/mol. The molecule has 0 atom stereocenters. The Bertz CT molecular complexity index is 842. The number of nitrogens with zero attached hydrogens (tertiary/aromatic N) is 4. The lowest BCUT2D eigenvalue weighted by molar-refractivity contribution is -0.0226. The van der Waals surface area contributed by atoms with Gasteiger partial charge in [-0.2, -0.15) is 0 Å². The second-order valence-electron chi connectivity index (χ2n) is 5.35. The number of halogens is 1. The highest BCUT2D eigenvalue weighted by Gasteiger charge is 2.26. The van der Waals surface area contributed by atoms with Crippen molar-refractivity contribution in [3.8, 4) is 22.6 Å². The summed E-state index contributed by atoms with van der Waals surface area (Å²) >= 11 is 0. The molecule has 1 aliphatic heterocycles. The standard InChI is InChI=1S/C16H14FN5O/c17-11-3-1-10(2-4-11)14-15(13-5-6-19-16(18)21-13)22(9-20-14)12-7-23-8-12/h1-6,9,12H,7-8H2,(H2,18,19,21). The van der Waals surface area contributed by atoms with Crippen molar-refractivity contribution in [2.24, 2.45) is 0 Å². The maximum absolute atomic E-state index is 13.2. The van der Waals surface area contributed by atoms with E-state index in [0.29, 0.717) is 18.9 Å². The molecule has 0 unspecified atom stereocenters. The molecule has 1 aromatic carbocycles. The van der Waals surface area contributed by atoms with Crippen LogP contribution in [0, 0.1) is 5.82 Å². The van der Waals surface area contributed by atoms with Gasteiger partial charge in [-0.1, -0.05) is 0 Å². The van der Waals surface area contributed by atoms with Crippen LogP contribution in [-0.2, 0) is 4.74 Å². The van der Waals surface area contributed by atoms with Gasteiger partial charge in [-0.15, -0.1) is 0 Å². The maximum atomic E-state index is 13.2. The van der Waals surface area contributed by atoms with Crippen molar-refractivity contribution in [1.29, 1.82) is 0 Å². The summed E-state index contributed by atoms with van der Waals surface area (Å²) in [6.45, 7) is 1.26. The number of benzene rings is 1. The van der Waals surface area contributed by atoms with E-state index in [1.54, 1.807) is 30.7 Å². The third-order valence-electron chi connectivity index (χ3n) is 3.84. The Balaban J connectivity index is 1.89. The summed E-state index contributed by atoms with van der Waals surface area (Å²) in [5.74, 6) is -0.0847. The smallest absolute Gasteiger partial charge is 0.220 e. The van der Waals surface area contributed by atoms with E-state index in [4.69, 9.17) is 10.5 Å². The van der Waals surface area contributed by atoms with E-state index in [1.807, 2.05) is 4.57 Å². The molecular formula is C16H14FN5O. The Morgan fingerprint density at radius 2 is 1.91 bits per heavy atom. The molecule has 0 spiro atoms. The van der Waals surface area contributed by atoms with Gasteiger partial charge in [0, 0.05) is 11.8 Å². The lowest BCUT2D eigenvalue weighted by atomic mass is 10.1. The molecule has 4 rings (SSSR count). The topological polar surface area (TPSA) is 78.8 Å². The van der Waals surface area contributed by atoms with E-state index in [9.17, 15) is 4.39 Å². The molecule has 2 N–H and O–H groups in total. The van der Waals surface area contributed by atoms with Crippen LogP contribution in [-0.4, -0.2) is 32.7 Å². The second kappa shape index (κ2) is 5.44. The molecule has 1 fully saturated rings. The average molecular weight is 311 g/mol. The van der Waals surface area contributed by atoms with E-state index in [-0.39, 0.29) is 17.8 Å². The first-order chi connectivity index (χ1) is 11.2. The SMILES string of the molecule is Nc1nccc(-c2c(-c3ccc(F)cc3)ncn2C2COC2)n1. The summed E-state index contributed by atoms with van der Waals surface area (Å²) in [7, 11) is 0. The highest BCUT2D eigenvalue weighted by molar-refractivity contribution is 5.77. The highest BCUT2D eigenvalue weighted by atomic mass is 19.1. The number of anilines is 1. The zero-order chi connectivity index (χ0) is 15.8. The van der Waals surface area contributed by atoms with Gasteiger partial charge in [0.1, 0.15) is 5.82 Å². The summed E-state index contributed by atoms with van der Waals surface area (Å²) in [5, 5.41) is 0. The monoisotopic (exact) mass is 311 g/mol. The average Bonchev–Trinajstić information content (AvgIpc) is 2.91. The first-order valence-electron chi connectivity index (χ1n) is 7.22. The van der Waals surface area contributed by atoms with Crippen LogP contribution in [0.4, 0.5) is 10.3 Å². The van der Waals surface area contributed by atoms with E-state index in [2.05, 4.69) is 15.0 Å². The number of nitrogens with two attached hydrogens (primary N) is 1. The number of nitrogen functional groups attached to an aromatic ring is 1. The van der Waals surface area contributed by atoms with Gasteiger partial charge in [-0.05, 0) is 30.3 Å². The second-order valence-corrected chi connectivity index (χ2v) is 5.35. The van der Waals surface area contributed by atoms with Crippen LogP contribution >= 0.6 is 0 Å². The summed E-state index contributed by atoms with van der Waals surface area (Å²) in [6, 6.07) is 8.23. The van der Waals surface area contributed by atoms with Gasteiger partial charge < -0.3 is 15.0 Å². The lowest BCUT2D eigenvalue weighted by Crippen LogP contribution is -2.30. The van der Waals surface area contributed by atoms with Crippen LogP contribution in [0.3, 0.4) is 0 Å². The number of aromatic nitrogens is 4. The Labute approximate surface area is 131 Å². The van der Waals surface area contributed by atoms with Crippen LogP contribution in [0.2, 0.25) is 0 Å². The first kappa shape index (κ1) is 13.8. The van der Waals surface area contributed by atoms with E-state index >= 15 is 0 Å². The summed E-state index contributed by atoms with van der Waals surface area (Å²) in [4.78, 5) is 12.8. The number of imidazole rings is 1. The van der Waals surface area contributed by atoms with Gasteiger partial charge in [0.2, 0.25) is 5.95 Å². The fourth-order valence-corrected chi connectivity index (χ4v) is 2.60. The van der Waals surface area contributed by atoms with Gasteiger partial charge in [-0.3, -0.25) is 0 Å². The zero-order valence-electron chi connectivity index (χ0n) is 12.2. The van der Waals surface area contributed by atoms with Crippen molar-refractivity contribution in [3.63, 3.8) is 0 Å². The predicted octanol–water partition coefficient (Wildman–Crippen LogP) is 2.30. The molecule has 23 heavy (non-hydrogen) atoms. The van der Waals surface area contributed by atoms with E-state index in [1.165, 1.54) is 12.1 Å². The number of hydrogen-bond acceptors (Lipinski definition) is 5. The van der Waals surface area contributed by atoms with Crippen LogP contribution in [0.15, 0.2) is 42.9 Å². The quantitative estimate of drug-likeness (QED) is 0.803. The molecule has 0 bridgehead atoms. The van der Waals surface area contributed by atoms with E-state index < -0.39 is 0 Å². The molecule has 3 aromatic rings. The molecule has 2 aromatic heterocycles. The van der Waals surface area contributed by atoms with E-state index in [0.717, 1.165) is 17.0 Å². The molecule has 1 aliphatic rings. The fourth-order valence-electron chi connectivity index (χ4n) is 2.60. The van der Waals surface area contributed by atoms with Gasteiger partial charge >= 0.3 is 0 Å². The summed E-state index contributed by atoms with van der Waals surface area (Å²) < 4.78 is 20.5. The molecule has 0 amide bonds. The van der Waals surface area contributed by atoms with Crippen molar-refractivity contribution >= 4 is 5.95 Å². The summed E-state index contributed by atoms with van der Waals surface area (Å²) in [5.41, 5.74) is 8.78. The molecule has 116 valence electrons. The maximum Gasteiger partial charge on any atom is 0.220 e. The zero-order valence-corrected chi connectivity index (χ0v) is 12.2. The molecule has 1 saturated heterocycles. The highest BCUT2D eigenvalue weighted by Crippen LogP contribution is 2.34. The van der Waals surface area contributed by atoms with Crippen LogP contribution < -0.4 is 5.73 Å². The largest absolute Gasteiger partial charge is 0.377 e. The molecule has 0 radical (unpaired) electrons. The van der Waals surface area contributed by atoms with Gasteiger partial charge in [0.15, 0.2) is 0 Å². The summed E-state index contributed by atoms with van der Waals surface area (Å²) in [6.07, 6.45) is 3.38. The Hall–Kier alpha value is -2.80. The van der Waals surface area contributed by atoms with Crippen LogP contribution in [0.25, 0.3) is 22.6 Å². The molecule has 0 saturated carbocycles. The van der Waals surface area contributed by atoms with Crippen molar-refractivity contribution in [3.05, 3.63) is 48.7 Å². The minimum atomic E-state index is -0.284. The van der Waals surface area contributed by atoms with Crippen molar-refractivity contribution in [2.75, 3.05) is 18.9 Å². The third-order valence-corrected chi connectivity index (χ3v) is 3.84. The normalized spacial score (nSPS) is 14.7. The number of ether oxygens (including phenoxy) is 1. The van der Waals surface area contributed by atoms with Gasteiger partial charge in [0.25, 0.3) is 0 Å². The van der Waals surface area contributed by atoms with Crippen molar-refractivity contribution in [2.45, 2.75) is 6.04 Å². The Kier molecular flexibility index (Phi) is 3.27. The number of rotatable bonds is 3. The Morgan fingerprint density at radius 1 is 1.13 bits per heavy atom. The van der Waals surface area contributed by atoms with Gasteiger partial charge in [0.05, 0.1) is 42.7 Å². The third kappa shape index (κ3) is 2.44. The van der Waals surface area contributed by atoms with Crippen molar-refractivity contribution < 1.29 is 9.13 Å². The van der Waals surface area contributed by atoms with Crippen LogP contribution in [0.1, 0.15) is 6.04 Å². The molecular weight excluding hydrogens is 297 g/mol. The molecule has 3 heterocycles. The fraction of sp³-hybridized carbons (Fsp3) is 0.188. The first-order valence-corrected chi connectivity index (χ1v) is 7.22.